The van der Waals surface area contributed by atoms with Gasteiger partial charge in [0.2, 0.25) is 0 Å². The summed E-state index contributed by atoms with van der Waals surface area (Å²) in [4.78, 5) is 42.8. The van der Waals surface area contributed by atoms with Crippen molar-refractivity contribution in [3.8, 4) is 0 Å². The lowest BCUT2D eigenvalue weighted by Gasteiger charge is -2.62. The molecule has 3 saturated carbocycles. The summed E-state index contributed by atoms with van der Waals surface area (Å²) in [6, 6.07) is 0. The van der Waals surface area contributed by atoms with Crippen LogP contribution in [0, 0.1) is 28.6 Å². The van der Waals surface area contributed by atoms with Crippen LogP contribution in [0.4, 0.5) is 4.39 Å². The van der Waals surface area contributed by atoms with Crippen molar-refractivity contribution < 1.29 is 28.6 Å². The van der Waals surface area contributed by atoms with E-state index in [2.05, 4.69) is 4.98 Å². The molecule has 4 aliphatic carbocycles. The fourth-order valence-corrected chi connectivity index (χ4v) is 8.07. The number of aliphatic hydroxyl groups is 1. The van der Waals surface area contributed by atoms with Crippen molar-refractivity contribution in [3.63, 3.8) is 0 Å². The molecule has 3 fully saturated rings. The highest BCUT2D eigenvalue weighted by Gasteiger charge is 2.77. The number of alkyl halides is 1. The van der Waals surface area contributed by atoms with E-state index in [0.29, 0.717) is 24.8 Å². The molecule has 5 rings (SSSR count). The molecule has 0 bridgehead atoms. The zero-order valence-electron chi connectivity index (χ0n) is 20.7. The highest BCUT2D eigenvalue weighted by Crippen LogP contribution is 2.71. The van der Waals surface area contributed by atoms with Crippen molar-refractivity contribution in [2.75, 3.05) is 0 Å². The second kappa shape index (κ2) is 7.69. The molecule has 0 aliphatic heterocycles. The first kappa shape index (κ1) is 24.1. The predicted octanol–water partition coefficient (Wildman–Crippen LogP) is 3.83. The van der Waals surface area contributed by atoms with E-state index < -0.39 is 51.9 Å². The number of carbonyl (C=O) groups excluding carboxylic acids is 3. The van der Waals surface area contributed by atoms with Crippen LogP contribution in [0.1, 0.15) is 64.6 Å². The number of halogens is 1. The van der Waals surface area contributed by atoms with E-state index in [4.69, 9.17) is 4.74 Å². The van der Waals surface area contributed by atoms with E-state index in [1.165, 1.54) is 35.4 Å². The largest absolute Gasteiger partial charge is 0.448 e. The predicted molar refractivity (Wildman–Crippen MR) is 125 cm³/mol. The van der Waals surface area contributed by atoms with Crippen molar-refractivity contribution >= 4 is 17.7 Å². The Bertz CT molecular complexity index is 1140. The number of imidazole rings is 1. The van der Waals surface area contributed by atoms with Crippen LogP contribution < -0.4 is 0 Å². The number of ether oxygens (including phenoxy) is 1. The Kier molecular flexibility index (Phi) is 5.30. The summed E-state index contributed by atoms with van der Waals surface area (Å²) in [6.45, 7) is 7.18. The Morgan fingerprint density at radius 1 is 1.31 bits per heavy atom. The van der Waals surface area contributed by atoms with E-state index in [1.54, 1.807) is 19.9 Å². The molecule has 8 heteroatoms. The zero-order valence-corrected chi connectivity index (χ0v) is 20.7. The van der Waals surface area contributed by atoms with Crippen LogP contribution in [-0.2, 0) is 14.3 Å². The molecule has 8 atom stereocenters. The molecule has 0 spiro atoms. The van der Waals surface area contributed by atoms with E-state index in [1.807, 2.05) is 13.8 Å². The van der Waals surface area contributed by atoms with Crippen molar-refractivity contribution in [1.82, 2.24) is 9.55 Å². The highest BCUT2D eigenvalue weighted by atomic mass is 19.1. The highest BCUT2D eigenvalue weighted by molar-refractivity contribution is 6.01. The van der Waals surface area contributed by atoms with Crippen LogP contribution in [0.2, 0.25) is 0 Å². The van der Waals surface area contributed by atoms with E-state index >= 15 is 4.39 Å². The van der Waals surface area contributed by atoms with Gasteiger partial charge in [-0.2, -0.15) is 0 Å². The van der Waals surface area contributed by atoms with E-state index in [9.17, 15) is 19.5 Å². The quantitative estimate of drug-likeness (QED) is 0.655. The van der Waals surface area contributed by atoms with Gasteiger partial charge in [-0.05, 0) is 50.7 Å². The van der Waals surface area contributed by atoms with E-state index in [0.717, 1.165) is 0 Å². The Hall–Kier alpha value is -2.61. The van der Waals surface area contributed by atoms with Crippen molar-refractivity contribution in [3.05, 3.63) is 42.5 Å². The molecule has 0 unspecified atom stereocenters. The number of nitrogens with zero attached hydrogens (tertiary/aromatic N) is 2. The van der Waals surface area contributed by atoms with Gasteiger partial charge in [-0.1, -0.05) is 32.4 Å². The maximum atomic E-state index is 17.4. The zero-order chi connectivity index (χ0) is 25.4. The molecule has 7 nitrogen and oxygen atoms in total. The number of rotatable bonds is 3. The van der Waals surface area contributed by atoms with Crippen LogP contribution in [-0.4, -0.2) is 49.7 Å². The molecule has 1 aromatic heterocycles. The maximum absolute atomic E-state index is 17.4. The number of carbonyl (C=O) groups is 3. The number of esters is 1. The molecule has 0 radical (unpaired) electrons. The molecule has 0 amide bonds. The molecule has 1 heterocycles. The first-order chi connectivity index (χ1) is 16.5. The third kappa shape index (κ3) is 2.86. The summed E-state index contributed by atoms with van der Waals surface area (Å²) in [5, 5.41) is 11.6. The number of fused-ring (bicyclic) bond motifs is 5. The second-order valence-corrected chi connectivity index (χ2v) is 11.2. The van der Waals surface area contributed by atoms with Crippen LogP contribution in [0.25, 0.3) is 0 Å². The minimum Gasteiger partial charge on any atom is -0.448 e. The Morgan fingerprint density at radius 3 is 2.71 bits per heavy atom. The molecule has 1 N–H and O–H groups in total. The van der Waals surface area contributed by atoms with Gasteiger partial charge in [-0.25, -0.2) is 9.37 Å². The second-order valence-electron chi connectivity index (χ2n) is 11.2. The number of aliphatic hydroxyl groups excluding tert-OH is 1. The molecular weight excluding hydrogens is 451 g/mol. The van der Waals surface area contributed by atoms with Gasteiger partial charge in [0, 0.05) is 41.5 Å². The Labute approximate surface area is 204 Å². The summed E-state index contributed by atoms with van der Waals surface area (Å²) < 4.78 is 24.8. The lowest BCUT2D eigenvalue weighted by atomic mass is 9.44. The molecule has 35 heavy (non-hydrogen) atoms. The molecular formula is C27H33FN2O5. The Balaban J connectivity index is 1.65. The minimum absolute atomic E-state index is 0.0445. The van der Waals surface area contributed by atoms with Crippen LogP contribution in [0.15, 0.2) is 42.5 Å². The normalized spacial score (nSPS) is 44.2. The van der Waals surface area contributed by atoms with Crippen molar-refractivity contribution in [2.45, 2.75) is 77.2 Å². The lowest BCUT2D eigenvalue weighted by Crippen LogP contribution is -2.70. The lowest BCUT2D eigenvalue weighted by molar-refractivity contribution is -0.220. The van der Waals surface area contributed by atoms with Gasteiger partial charge >= 0.3 is 5.97 Å². The summed E-state index contributed by atoms with van der Waals surface area (Å²) in [7, 11) is 0. The van der Waals surface area contributed by atoms with Gasteiger partial charge in [-0.15, -0.1) is 0 Å². The van der Waals surface area contributed by atoms with Gasteiger partial charge in [0.05, 0.1) is 6.10 Å². The summed E-state index contributed by atoms with van der Waals surface area (Å²) in [6.07, 6.45) is 9.00. The van der Waals surface area contributed by atoms with Gasteiger partial charge in [0.25, 0.3) is 5.91 Å². The molecule has 1 aromatic rings. The summed E-state index contributed by atoms with van der Waals surface area (Å²) >= 11 is 0. The fourth-order valence-electron chi connectivity index (χ4n) is 8.07. The maximum Gasteiger partial charge on any atom is 0.306 e. The minimum atomic E-state index is -2.01. The van der Waals surface area contributed by atoms with Gasteiger partial charge in [0.1, 0.15) is 6.33 Å². The number of hydrogen-bond acceptors (Lipinski definition) is 6. The van der Waals surface area contributed by atoms with Crippen LogP contribution in [0.3, 0.4) is 0 Å². The number of allylic oxidation sites excluding steroid dienone is 4. The topological polar surface area (TPSA) is 98.5 Å². The van der Waals surface area contributed by atoms with Crippen LogP contribution >= 0.6 is 0 Å². The molecule has 0 saturated heterocycles. The van der Waals surface area contributed by atoms with Crippen molar-refractivity contribution in [2.24, 2.45) is 28.6 Å². The monoisotopic (exact) mass is 484 g/mol. The average molecular weight is 485 g/mol. The fraction of sp³-hybridized carbons (Fsp3) is 0.630. The van der Waals surface area contributed by atoms with Gasteiger partial charge in [-0.3, -0.25) is 19.0 Å². The number of ketones is 1. The number of hydrogen-bond donors (Lipinski definition) is 1. The standard InChI is InChI=1S/C27H33FN2O5/c1-5-22(33)35-27(23(34)30-11-10-29-15-30)16(2)12-20-19-7-6-17-13-18(31)8-9-24(17,3)26(19,28)21(32)14-25(20,27)4/h8-11,13,15-16,19-21,32H,5-7,12,14H2,1-4H3/t16-,19-,20-,21-,24-,25-,26-,27-/m0/s1. The SMILES string of the molecule is CCC(=O)O[C@]1(C(=O)n2ccnc2)[C@@H](C)C[C@H]2[C@@H]3CCC4=CC(=O)C=C[C@]4(C)[C@@]3(F)[C@@H](O)C[C@@]21C. The third-order valence-electron chi connectivity index (χ3n) is 9.80. The average Bonchev–Trinajstić information content (AvgIpc) is 3.42. The van der Waals surface area contributed by atoms with Crippen LogP contribution in [0.5, 0.6) is 0 Å². The molecule has 0 aromatic carbocycles. The smallest absolute Gasteiger partial charge is 0.306 e. The first-order valence-corrected chi connectivity index (χ1v) is 12.5. The number of aromatic nitrogens is 2. The molecule has 188 valence electrons. The van der Waals surface area contributed by atoms with Gasteiger partial charge in [0.15, 0.2) is 17.1 Å². The third-order valence-corrected chi connectivity index (χ3v) is 9.80. The Morgan fingerprint density at radius 2 is 2.06 bits per heavy atom. The summed E-state index contributed by atoms with van der Waals surface area (Å²) in [5.41, 5.74) is -4.99. The van der Waals surface area contributed by atoms with Gasteiger partial charge < -0.3 is 9.84 Å². The van der Waals surface area contributed by atoms with E-state index in [-0.39, 0.29) is 24.5 Å². The van der Waals surface area contributed by atoms with Crippen molar-refractivity contribution in [1.29, 1.82) is 0 Å². The first-order valence-electron chi connectivity index (χ1n) is 12.5. The summed E-state index contributed by atoms with van der Waals surface area (Å²) in [5.74, 6) is -2.37. The molecule has 4 aliphatic rings.